The molecule has 18 heavy (non-hydrogen) atoms. The number of aromatic nitrogens is 1. The van der Waals surface area contributed by atoms with Gasteiger partial charge < -0.3 is 15.1 Å². The highest BCUT2D eigenvalue weighted by Crippen LogP contribution is 2.24. The number of nitrogens with zero attached hydrogens (tertiary/aromatic N) is 2. The zero-order valence-electron chi connectivity index (χ0n) is 9.28. The van der Waals surface area contributed by atoms with Crippen LogP contribution in [-0.2, 0) is 4.79 Å². The minimum Gasteiger partial charge on any atom is -0.477 e. The molecule has 0 saturated heterocycles. The molecule has 0 aliphatic carbocycles. The van der Waals surface area contributed by atoms with Crippen LogP contribution in [0.15, 0.2) is 42.3 Å². The van der Waals surface area contributed by atoms with Gasteiger partial charge in [0, 0.05) is 12.7 Å². The van der Waals surface area contributed by atoms with Crippen molar-refractivity contribution in [3.63, 3.8) is 0 Å². The van der Waals surface area contributed by atoms with Gasteiger partial charge in [-0.15, -0.1) is 0 Å². The second-order valence-electron chi connectivity index (χ2n) is 3.57. The van der Waals surface area contributed by atoms with Crippen molar-refractivity contribution in [3.8, 4) is 0 Å². The van der Waals surface area contributed by atoms with Gasteiger partial charge in [0.25, 0.3) is 0 Å². The molecule has 2 rings (SSSR count). The second kappa shape index (κ2) is 4.70. The van der Waals surface area contributed by atoms with E-state index in [1.807, 2.05) is 0 Å². The first-order chi connectivity index (χ1) is 8.61. The highest BCUT2D eigenvalue weighted by atomic mass is 16.4. The lowest BCUT2D eigenvalue weighted by atomic mass is 10.2. The number of hydrogen-bond donors (Lipinski definition) is 2. The van der Waals surface area contributed by atoms with Gasteiger partial charge in [-0.3, -0.25) is 0 Å². The number of carboxylic acid groups (broad SMARTS) is 2. The highest BCUT2D eigenvalue weighted by molar-refractivity contribution is 5.97. The minimum absolute atomic E-state index is 0.0213. The molecule has 0 saturated carbocycles. The van der Waals surface area contributed by atoms with Crippen LogP contribution < -0.4 is 4.90 Å². The Hall–Kier alpha value is -2.63. The molecule has 2 N–H and O–H groups in total. The molecule has 6 nitrogen and oxygen atoms in total. The first-order valence-corrected chi connectivity index (χ1v) is 5.17. The van der Waals surface area contributed by atoms with Gasteiger partial charge in [0.1, 0.15) is 5.70 Å². The van der Waals surface area contributed by atoms with Crippen LogP contribution in [0.2, 0.25) is 0 Å². The zero-order valence-corrected chi connectivity index (χ0v) is 9.28. The molecule has 0 bridgehead atoms. The van der Waals surface area contributed by atoms with Gasteiger partial charge >= 0.3 is 11.9 Å². The van der Waals surface area contributed by atoms with E-state index in [1.54, 1.807) is 18.2 Å². The third-order valence-electron chi connectivity index (χ3n) is 2.47. The molecule has 92 valence electrons. The van der Waals surface area contributed by atoms with Crippen molar-refractivity contribution in [1.29, 1.82) is 0 Å². The van der Waals surface area contributed by atoms with Gasteiger partial charge in [-0.05, 0) is 18.2 Å². The fraction of sp³-hybridized carbons (Fsp3) is 0.0833. The van der Waals surface area contributed by atoms with Crippen molar-refractivity contribution < 1.29 is 19.8 Å². The van der Waals surface area contributed by atoms with Crippen molar-refractivity contribution in [3.05, 3.63) is 47.9 Å². The number of pyridine rings is 1. The maximum absolute atomic E-state index is 11.1. The number of aliphatic carboxylic acids is 1. The van der Waals surface area contributed by atoms with Crippen LogP contribution in [0.5, 0.6) is 0 Å². The average molecular weight is 246 g/mol. The Kier molecular flexibility index (Phi) is 3.09. The van der Waals surface area contributed by atoms with Crippen molar-refractivity contribution in [2.24, 2.45) is 0 Å². The van der Waals surface area contributed by atoms with Gasteiger partial charge in [0.2, 0.25) is 0 Å². The molecule has 0 spiro atoms. The van der Waals surface area contributed by atoms with E-state index in [0.717, 1.165) is 0 Å². The summed E-state index contributed by atoms with van der Waals surface area (Å²) in [6.07, 6.45) is 6.14. The number of rotatable bonds is 3. The molecular formula is C12H10N2O4. The Balaban J connectivity index is 2.49. The quantitative estimate of drug-likeness (QED) is 0.830. The predicted octanol–water partition coefficient (Wildman–Crippen LogP) is 1.12. The van der Waals surface area contributed by atoms with Crippen LogP contribution in [0, 0.1) is 0 Å². The molecule has 2 heterocycles. The van der Waals surface area contributed by atoms with E-state index in [9.17, 15) is 9.59 Å². The Morgan fingerprint density at radius 1 is 1.28 bits per heavy atom. The summed E-state index contributed by atoms with van der Waals surface area (Å²) < 4.78 is 0. The molecular weight excluding hydrogens is 236 g/mol. The van der Waals surface area contributed by atoms with Crippen LogP contribution in [0.25, 0.3) is 0 Å². The summed E-state index contributed by atoms with van der Waals surface area (Å²) in [6, 6.07) is 3.10. The summed E-state index contributed by atoms with van der Waals surface area (Å²) in [6.45, 7) is 0.296. The molecule has 0 fully saturated rings. The molecule has 0 radical (unpaired) electrons. The monoisotopic (exact) mass is 246 g/mol. The molecule has 0 unspecified atom stereocenters. The fourth-order valence-corrected chi connectivity index (χ4v) is 1.71. The Labute approximate surface area is 102 Å². The van der Waals surface area contributed by atoms with E-state index in [2.05, 4.69) is 4.98 Å². The van der Waals surface area contributed by atoms with E-state index >= 15 is 0 Å². The van der Waals surface area contributed by atoms with Crippen LogP contribution >= 0.6 is 0 Å². The molecule has 0 amide bonds. The smallest absolute Gasteiger partial charge is 0.356 e. The number of carbonyl (C=O) groups is 2. The first kappa shape index (κ1) is 11.8. The zero-order chi connectivity index (χ0) is 13.1. The normalized spacial score (nSPS) is 14.2. The summed E-state index contributed by atoms with van der Waals surface area (Å²) in [5.74, 6) is -2.30. The third kappa shape index (κ3) is 2.08. The number of carboxylic acids is 2. The Morgan fingerprint density at radius 2 is 2.06 bits per heavy atom. The summed E-state index contributed by atoms with van der Waals surface area (Å²) in [7, 11) is 0. The van der Waals surface area contributed by atoms with Gasteiger partial charge in [-0.2, -0.15) is 0 Å². The van der Waals surface area contributed by atoms with Crippen molar-refractivity contribution in [1.82, 2.24) is 4.98 Å². The van der Waals surface area contributed by atoms with E-state index < -0.39 is 11.9 Å². The van der Waals surface area contributed by atoms with E-state index in [-0.39, 0.29) is 17.1 Å². The predicted molar refractivity (Wildman–Crippen MR) is 63.4 cm³/mol. The summed E-state index contributed by atoms with van der Waals surface area (Å²) >= 11 is 0. The summed E-state index contributed by atoms with van der Waals surface area (Å²) in [5.41, 5.74) is 0.121. The van der Waals surface area contributed by atoms with E-state index in [1.165, 1.54) is 23.2 Å². The minimum atomic E-state index is -1.19. The standard InChI is InChI=1S/C12H10N2O4/c15-11(16)9-4-1-2-7-14(9)8-5-3-6-13-10(8)12(17)18/h1-6H,7H2,(H,15,16)(H,17,18). The molecule has 0 atom stereocenters. The Bertz CT molecular complexity index is 563. The highest BCUT2D eigenvalue weighted by Gasteiger charge is 2.23. The number of anilines is 1. The third-order valence-corrected chi connectivity index (χ3v) is 2.47. The first-order valence-electron chi connectivity index (χ1n) is 5.17. The number of allylic oxidation sites excluding steroid dienone is 2. The molecule has 1 aliphatic rings. The molecule has 1 aliphatic heterocycles. The van der Waals surface area contributed by atoms with Gasteiger partial charge in [-0.25, -0.2) is 14.6 Å². The lowest BCUT2D eigenvalue weighted by Crippen LogP contribution is -2.30. The van der Waals surface area contributed by atoms with Crippen LogP contribution in [0.1, 0.15) is 10.5 Å². The van der Waals surface area contributed by atoms with Gasteiger partial charge in [-0.1, -0.05) is 12.2 Å². The van der Waals surface area contributed by atoms with Gasteiger partial charge in [0.15, 0.2) is 5.69 Å². The van der Waals surface area contributed by atoms with Crippen LogP contribution in [0.4, 0.5) is 5.69 Å². The van der Waals surface area contributed by atoms with Crippen molar-refractivity contribution in [2.75, 3.05) is 11.4 Å². The van der Waals surface area contributed by atoms with Crippen molar-refractivity contribution >= 4 is 17.6 Å². The Morgan fingerprint density at radius 3 is 2.72 bits per heavy atom. The summed E-state index contributed by atoms with van der Waals surface area (Å²) in [4.78, 5) is 27.3. The number of hydrogen-bond acceptors (Lipinski definition) is 4. The molecule has 0 aromatic carbocycles. The van der Waals surface area contributed by atoms with Crippen molar-refractivity contribution in [2.45, 2.75) is 0 Å². The topological polar surface area (TPSA) is 90.7 Å². The maximum Gasteiger partial charge on any atom is 0.356 e. The summed E-state index contributed by atoms with van der Waals surface area (Å²) in [5, 5.41) is 18.1. The maximum atomic E-state index is 11.1. The van der Waals surface area contributed by atoms with Crippen LogP contribution in [-0.4, -0.2) is 33.7 Å². The van der Waals surface area contributed by atoms with Crippen LogP contribution in [0.3, 0.4) is 0 Å². The second-order valence-corrected chi connectivity index (χ2v) is 3.57. The lowest BCUT2D eigenvalue weighted by Gasteiger charge is -2.26. The fourth-order valence-electron chi connectivity index (χ4n) is 1.71. The SMILES string of the molecule is O=C(O)C1=CC=CCN1c1cccnc1C(=O)O. The van der Waals surface area contributed by atoms with E-state index in [4.69, 9.17) is 10.2 Å². The molecule has 6 heteroatoms. The largest absolute Gasteiger partial charge is 0.477 e. The number of aromatic carboxylic acids is 1. The van der Waals surface area contributed by atoms with E-state index in [0.29, 0.717) is 6.54 Å². The van der Waals surface area contributed by atoms with Gasteiger partial charge in [0.05, 0.1) is 5.69 Å². The average Bonchev–Trinajstić information content (AvgIpc) is 2.38. The molecule has 1 aromatic heterocycles. The lowest BCUT2D eigenvalue weighted by molar-refractivity contribution is -0.132. The molecule has 1 aromatic rings.